The van der Waals surface area contributed by atoms with Gasteiger partial charge in [-0.05, 0) is 45.7 Å². The lowest BCUT2D eigenvalue weighted by atomic mass is 10.1. The average molecular weight is 200 g/mol. The maximum atomic E-state index is 5.89. The van der Waals surface area contributed by atoms with Gasteiger partial charge in [-0.25, -0.2) is 0 Å². The van der Waals surface area contributed by atoms with E-state index in [0.29, 0.717) is 6.04 Å². The zero-order valence-electron chi connectivity index (χ0n) is 10.4. The summed E-state index contributed by atoms with van der Waals surface area (Å²) in [5.74, 6) is 0. The molecule has 0 aromatic heterocycles. The maximum Gasteiger partial charge on any atom is 0.00641 e. The highest BCUT2D eigenvalue weighted by Crippen LogP contribution is 2.06. The van der Waals surface area contributed by atoms with Gasteiger partial charge in [0.1, 0.15) is 0 Å². The topological polar surface area (TPSA) is 29.3 Å². The second-order valence-corrected chi connectivity index (χ2v) is 4.20. The van der Waals surface area contributed by atoms with Gasteiger partial charge in [-0.2, -0.15) is 0 Å². The first-order valence-corrected chi connectivity index (χ1v) is 6.15. The van der Waals surface area contributed by atoms with Crippen LogP contribution in [0.1, 0.15) is 53.4 Å². The molecule has 0 rings (SSSR count). The summed E-state index contributed by atoms with van der Waals surface area (Å²) in [6.45, 7) is 11.3. The molecule has 0 aliphatic rings. The lowest BCUT2D eigenvalue weighted by Crippen LogP contribution is -2.34. The van der Waals surface area contributed by atoms with Crippen molar-refractivity contribution in [2.24, 2.45) is 5.73 Å². The van der Waals surface area contributed by atoms with Gasteiger partial charge in [-0.1, -0.05) is 20.8 Å². The number of rotatable bonds is 8. The van der Waals surface area contributed by atoms with Gasteiger partial charge in [0, 0.05) is 12.1 Å². The molecule has 0 saturated carbocycles. The van der Waals surface area contributed by atoms with Crippen molar-refractivity contribution >= 4 is 0 Å². The van der Waals surface area contributed by atoms with E-state index in [0.717, 1.165) is 19.0 Å². The SMILES string of the molecule is CCC(N)CCCN(CC)C(C)CC. The molecule has 14 heavy (non-hydrogen) atoms. The van der Waals surface area contributed by atoms with Crippen LogP contribution in [0.2, 0.25) is 0 Å². The summed E-state index contributed by atoms with van der Waals surface area (Å²) in [6, 6.07) is 1.13. The first-order valence-electron chi connectivity index (χ1n) is 6.15. The molecule has 2 N–H and O–H groups in total. The van der Waals surface area contributed by atoms with E-state index in [2.05, 4.69) is 32.6 Å². The second kappa shape index (κ2) is 8.25. The molecule has 0 aromatic rings. The van der Waals surface area contributed by atoms with E-state index >= 15 is 0 Å². The van der Waals surface area contributed by atoms with Gasteiger partial charge in [0.05, 0.1) is 0 Å². The summed E-state index contributed by atoms with van der Waals surface area (Å²) >= 11 is 0. The number of nitrogens with two attached hydrogens (primary N) is 1. The Morgan fingerprint density at radius 2 is 1.79 bits per heavy atom. The Hall–Kier alpha value is -0.0800. The van der Waals surface area contributed by atoms with Crippen molar-refractivity contribution in [3.05, 3.63) is 0 Å². The second-order valence-electron chi connectivity index (χ2n) is 4.20. The third kappa shape index (κ3) is 5.61. The van der Waals surface area contributed by atoms with Crippen LogP contribution in [-0.2, 0) is 0 Å². The van der Waals surface area contributed by atoms with E-state index in [-0.39, 0.29) is 0 Å². The van der Waals surface area contributed by atoms with Crippen LogP contribution >= 0.6 is 0 Å². The highest BCUT2D eigenvalue weighted by Gasteiger charge is 2.09. The molecule has 0 bridgehead atoms. The summed E-state index contributed by atoms with van der Waals surface area (Å²) < 4.78 is 0. The Balaban J connectivity index is 3.62. The Labute approximate surface area is 89.9 Å². The minimum atomic E-state index is 0.408. The summed E-state index contributed by atoms with van der Waals surface area (Å²) in [6.07, 6.45) is 4.76. The zero-order valence-corrected chi connectivity index (χ0v) is 10.4. The Morgan fingerprint density at radius 1 is 1.14 bits per heavy atom. The first-order chi connectivity index (χ1) is 6.65. The van der Waals surface area contributed by atoms with E-state index in [1.807, 2.05) is 0 Å². The molecular formula is C12H28N2. The van der Waals surface area contributed by atoms with Crippen molar-refractivity contribution in [3.8, 4) is 0 Å². The van der Waals surface area contributed by atoms with Crippen molar-refractivity contribution in [2.75, 3.05) is 13.1 Å². The van der Waals surface area contributed by atoms with Crippen molar-refractivity contribution in [2.45, 2.75) is 65.5 Å². The molecule has 86 valence electrons. The molecule has 2 unspecified atom stereocenters. The molecule has 0 aliphatic carbocycles. The average Bonchev–Trinajstić information content (AvgIpc) is 2.22. The highest BCUT2D eigenvalue weighted by atomic mass is 15.1. The van der Waals surface area contributed by atoms with Gasteiger partial charge in [0.15, 0.2) is 0 Å². The van der Waals surface area contributed by atoms with E-state index in [4.69, 9.17) is 5.73 Å². The Bertz CT molecular complexity index is 125. The fourth-order valence-corrected chi connectivity index (χ4v) is 1.71. The molecule has 0 amide bonds. The molecule has 0 spiro atoms. The zero-order chi connectivity index (χ0) is 11.0. The van der Waals surface area contributed by atoms with Gasteiger partial charge >= 0.3 is 0 Å². The quantitative estimate of drug-likeness (QED) is 0.652. The van der Waals surface area contributed by atoms with E-state index < -0.39 is 0 Å². The highest BCUT2D eigenvalue weighted by molar-refractivity contribution is 4.66. The summed E-state index contributed by atoms with van der Waals surface area (Å²) in [5.41, 5.74) is 5.89. The number of nitrogens with zero attached hydrogens (tertiary/aromatic N) is 1. The van der Waals surface area contributed by atoms with E-state index in [1.165, 1.54) is 25.8 Å². The minimum absolute atomic E-state index is 0.408. The first kappa shape index (κ1) is 13.9. The monoisotopic (exact) mass is 200 g/mol. The minimum Gasteiger partial charge on any atom is -0.328 e. The summed E-state index contributed by atoms with van der Waals surface area (Å²) in [4.78, 5) is 2.54. The van der Waals surface area contributed by atoms with Crippen molar-refractivity contribution in [1.82, 2.24) is 4.90 Å². The molecule has 0 aliphatic heterocycles. The summed E-state index contributed by atoms with van der Waals surface area (Å²) in [5, 5.41) is 0. The van der Waals surface area contributed by atoms with Crippen molar-refractivity contribution in [3.63, 3.8) is 0 Å². The molecule has 0 fully saturated rings. The standard InChI is InChI=1S/C12H28N2/c1-5-11(4)14(7-3)10-8-9-12(13)6-2/h11-12H,5-10,13H2,1-4H3. The van der Waals surface area contributed by atoms with Gasteiger partial charge < -0.3 is 10.6 Å². The largest absolute Gasteiger partial charge is 0.328 e. The van der Waals surface area contributed by atoms with Gasteiger partial charge in [0.25, 0.3) is 0 Å². The van der Waals surface area contributed by atoms with Gasteiger partial charge in [-0.15, -0.1) is 0 Å². The third-order valence-electron chi connectivity index (χ3n) is 3.16. The smallest absolute Gasteiger partial charge is 0.00641 e. The third-order valence-corrected chi connectivity index (χ3v) is 3.16. The predicted molar refractivity (Wildman–Crippen MR) is 64.5 cm³/mol. The van der Waals surface area contributed by atoms with Crippen LogP contribution in [0.15, 0.2) is 0 Å². The molecule has 0 radical (unpaired) electrons. The van der Waals surface area contributed by atoms with Crippen LogP contribution in [0, 0.1) is 0 Å². The van der Waals surface area contributed by atoms with Crippen LogP contribution in [0.25, 0.3) is 0 Å². The normalized spacial score (nSPS) is 15.9. The fraction of sp³-hybridized carbons (Fsp3) is 1.00. The van der Waals surface area contributed by atoms with Crippen LogP contribution < -0.4 is 5.73 Å². The molecule has 2 nitrogen and oxygen atoms in total. The lowest BCUT2D eigenvalue weighted by molar-refractivity contribution is 0.209. The van der Waals surface area contributed by atoms with E-state index in [1.54, 1.807) is 0 Å². The molecule has 2 heteroatoms. The summed E-state index contributed by atoms with van der Waals surface area (Å²) in [7, 11) is 0. The van der Waals surface area contributed by atoms with Crippen molar-refractivity contribution in [1.29, 1.82) is 0 Å². The molecular weight excluding hydrogens is 172 g/mol. The predicted octanol–water partition coefficient (Wildman–Crippen LogP) is 2.62. The number of hydrogen-bond donors (Lipinski definition) is 1. The maximum absolute atomic E-state index is 5.89. The van der Waals surface area contributed by atoms with Crippen molar-refractivity contribution < 1.29 is 0 Å². The van der Waals surface area contributed by atoms with Gasteiger partial charge in [0.2, 0.25) is 0 Å². The van der Waals surface area contributed by atoms with Crippen LogP contribution in [0.5, 0.6) is 0 Å². The lowest BCUT2D eigenvalue weighted by Gasteiger charge is -2.27. The molecule has 0 heterocycles. The number of hydrogen-bond acceptors (Lipinski definition) is 2. The molecule has 0 aromatic carbocycles. The Kier molecular flexibility index (Phi) is 8.20. The molecule has 2 atom stereocenters. The van der Waals surface area contributed by atoms with Gasteiger partial charge in [-0.3, -0.25) is 0 Å². The van der Waals surface area contributed by atoms with Crippen LogP contribution in [0.3, 0.4) is 0 Å². The van der Waals surface area contributed by atoms with Crippen LogP contribution in [0.4, 0.5) is 0 Å². The Morgan fingerprint density at radius 3 is 2.21 bits per heavy atom. The van der Waals surface area contributed by atoms with E-state index in [9.17, 15) is 0 Å². The fourth-order valence-electron chi connectivity index (χ4n) is 1.71. The van der Waals surface area contributed by atoms with Crippen LogP contribution in [-0.4, -0.2) is 30.1 Å². The molecule has 0 saturated heterocycles.